The molecule has 17 heavy (non-hydrogen) atoms. The van der Waals surface area contributed by atoms with Crippen molar-refractivity contribution in [3.8, 4) is 0 Å². The Bertz CT molecular complexity index is 510. The van der Waals surface area contributed by atoms with Crippen molar-refractivity contribution in [1.82, 2.24) is 0 Å². The quantitative estimate of drug-likeness (QED) is 0.616. The summed E-state index contributed by atoms with van der Waals surface area (Å²) in [6.45, 7) is 0.749. The SMILES string of the molecule is CN(Cc1ccccc1)c1ccc([N+](=O)[O-])s1. The maximum absolute atomic E-state index is 10.6. The van der Waals surface area contributed by atoms with Gasteiger partial charge in [0.05, 0.1) is 9.92 Å². The van der Waals surface area contributed by atoms with Gasteiger partial charge >= 0.3 is 5.00 Å². The van der Waals surface area contributed by atoms with E-state index in [2.05, 4.69) is 0 Å². The topological polar surface area (TPSA) is 46.4 Å². The van der Waals surface area contributed by atoms with Crippen LogP contribution < -0.4 is 4.90 Å². The maximum Gasteiger partial charge on any atom is 0.326 e. The van der Waals surface area contributed by atoms with Gasteiger partial charge in [-0.2, -0.15) is 0 Å². The zero-order valence-corrected chi connectivity index (χ0v) is 10.2. The van der Waals surface area contributed by atoms with Crippen molar-refractivity contribution in [3.05, 3.63) is 58.1 Å². The normalized spacial score (nSPS) is 10.2. The Morgan fingerprint density at radius 3 is 2.53 bits per heavy atom. The lowest BCUT2D eigenvalue weighted by Crippen LogP contribution is -2.14. The van der Waals surface area contributed by atoms with Crippen LogP contribution in [0.5, 0.6) is 0 Å². The third-order valence-corrected chi connectivity index (χ3v) is 3.55. The van der Waals surface area contributed by atoms with Gasteiger partial charge in [0.25, 0.3) is 0 Å². The lowest BCUT2D eigenvalue weighted by Gasteiger charge is -2.16. The Balaban J connectivity index is 2.09. The predicted octanol–water partition coefficient (Wildman–Crippen LogP) is 3.29. The molecule has 0 spiro atoms. The minimum atomic E-state index is -0.357. The van der Waals surface area contributed by atoms with Crippen molar-refractivity contribution in [2.45, 2.75) is 6.54 Å². The second kappa shape index (κ2) is 4.97. The van der Waals surface area contributed by atoms with E-state index >= 15 is 0 Å². The van der Waals surface area contributed by atoms with Crippen LogP contribution in [0.15, 0.2) is 42.5 Å². The fourth-order valence-corrected chi connectivity index (χ4v) is 2.34. The molecule has 0 saturated carbocycles. The Labute approximate surface area is 103 Å². The number of hydrogen-bond donors (Lipinski definition) is 0. The molecule has 2 rings (SSSR count). The molecule has 0 fully saturated rings. The van der Waals surface area contributed by atoms with E-state index in [-0.39, 0.29) is 9.92 Å². The molecule has 0 aliphatic rings. The number of anilines is 1. The lowest BCUT2D eigenvalue weighted by molar-refractivity contribution is -0.380. The molecule has 0 N–H and O–H groups in total. The zero-order valence-electron chi connectivity index (χ0n) is 9.37. The average Bonchev–Trinajstić information content (AvgIpc) is 2.79. The number of hydrogen-bond acceptors (Lipinski definition) is 4. The molecule has 0 aliphatic heterocycles. The Morgan fingerprint density at radius 2 is 1.94 bits per heavy atom. The van der Waals surface area contributed by atoms with Gasteiger partial charge in [0, 0.05) is 19.7 Å². The summed E-state index contributed by atoms with van der Waals surface area (Å²) in [5.41, 5.74) is 1.19. The molecule has 0 saturated heterocycles. The van der Waals surface area contributed by atoms with Crippen LogP contribution in [0.4, 0.5) is 10.0 Å². The van der Waals surface area contributed by atoms with Crippen LogP contribution in [0, 0.1) is 10.1 Å². The molecule has 0 bridgehead atoms. The van der Waals surface area contributed by atoms with Crippen LogP contribution >= 0.6 is 11.3 Å². The van der Waals surface area contributed by atoms with E-state index in [1.165, 1.54) is 16.9 Å². The van der Waals surface area contributed by atoms with Gasteiger partial charge in [-0.25, -0.2) is 0 Å². The molecular weight excluding hydrogens is 236 g/mol. The minimum Gasteiger partial charge on any atom is -0.362 e. The summed E-state index contributed by atoms with van der Waals surface area (Å²) in [7, 11) is 1.93. The molecule has 1 aromatic heterocycles. The van der Waals surface area contributed by atoms with Gasteiger partial charge in [0.1, 0.15) is 0 Å². The summed E-state index contributed by atoms with van der Waals surface area (Å²) >= 11 is 1.20. The molecule has 5 heteroatoms. The number of nitro groups is 1. The van der Waals surface area contributed by atoms with Crippen molar-refractivity contribution in [3.63, 3.8) is 0 Å². The predicted molar refractivity (Wildman–Crippen MR) is 69.5 cm³/mol. The first kappa shape index (κ1) is 11.6. The summed E-state index contributed by atoms with van der Waals surface area (Å²) in [5.74, 6) is 0. The van der Waals surface area contributed by atoms with Gasteiger partial charge in [-0.3, -0.25) is 10.1 Å². The smallest absolute Gasteiger partial charge is 0.326 e. The van der Waals surface area contributed by atoms with Crippen LogP contribution in [0.3, 0.4) is 0 Å². The van der Waals surface area contributed by atoms with Crippen molar-refractivity contribution in [1.29, 1.82) is 0 Å². The maximum atomic E-state index is 10.6. The average molecular weight is 248 g/mol. The molecule has 2 aromatic rings. The number of benzene rings is 1. The standard InChI is InChI=1S/C12H12N2O2S/c1-13(9-10-5-3-2-4-6-10)11-7-8-12(17-11)14(15)16/h2-8H,9H2,1H3. The molecule has 0 aliphatic carbocycles. The Kier molecular flexibility index (Phi) is 3.39. The van der Waals surface area contributed by atoms with Crippen LogP contribution in [0.1, 0.15) is 5.56 Å². The molecule has 0 radical (unpaired) electrons. The van der Waals surface area contributed by atoms with Crippen LogP contribution in [-0.4, -0.2) is 12.0 Å². The first-order chi connectivity index (χ1) is 8.16. The number of rotatable bonds is 4. The van der Waals surface area contributed by atoms with Gasteiger partial charge in [-0.15, -0.1) is 0 Å². The summed E-state index contributed by atoms with van der Waals surface area (Å²) in [6.07, 6.45) is 0. The van der Waals surface area contributed by atoms with Crippen molar-refractivity contribution in [2.75, 3.05) is 11.9 Å². The number of nitrogens with zero attached hydrogens (tertiary/aromatic N) is 2. The highest BCUT2D eigenvalue weighted by atomic mass is 32.1. The highest BCUT2D eigenvalue weighted by molar-refractivity contribution is 7.19. The molecule has 0 unspecified atom stereocenters. The van der Waals surface area contributed by atoms with E-state index in [9.17, 15) is 10.1 Å². The third-order valence-electron chi connectivity index (χ3n) is 2.40. The van der Waals surface area contributed by atoms with Crippen molar-refractivity contribution < 1.29 is 4.92 Å². The van der Waals surface area contributed by atoms with E-state index in [4.69, 9.17) is 0 Å². The first-order valence-corrected chi connectivity index (χ1v) is 5.98. The van der Waals surface area contributed by atoms with Crippen LogP contribution in [-0.2, 0) is 6.54 Å². The van der Waals surface area contributed by atoms with Gasteiger partial charge in [0.15, 0.2) is 0 Å². The molecule has 0 amide bonds. The van der Waals surface area contributed by atoms with Gasteiger partial charge in [-0.05, 0) is 23.0 Å². The molecule has 1 heterocycles. The largest absolute Gasteiger partial charge is 0.362 e. The van der Waals surface area contributed by atoms with Gasteiger partial charge in [0.2, 0.25) is 0 Å². The summed E-state index contributed by atoms with van der Waals surface area (Å²) in [4.78, 5) is 12.2. The summed E-state index contributed by atoms with van der Waals surface area (Å²) in [6, 6.07) is 13.4. The fourth-order valence-electron chi connectivity index (χ4n) is 1.56. The van der Waals surface area contributed by atoms with E-state index in [1.807, 2.05) is 42.3 Å². The first-order valence-electron chi connectivity index (χ1n) is 5.16. The van der Waals surface area contributed by atoms with Gasteiger partial charge in [-0.1, -0.05) is 30.3 Å². The van der Waals surface area contributed by atoms with Crippen LogP contribution in [0.25, 0.3) is 0 Å². The van der Waals surface area contributed by atoms with E-state index in [1.54, 1.807) is 12.1 Å². The van der Waals surface area contributed by atoms with E-state index < -0.39 is 0 Å². The minimum absolute atomic E-state index is 0.180. The third kappa shape index (κ3) is 2.82. The van der Waals surface area contributed by atoms with Crippen LogP contribution in [0.2, 0.25) is 0 Å². The second-order valence-corrected chi connectivity index (χ2v) is 4.75. The number of thiophene rings is 1. The molecule has 4 nitrogen and oxygen atoms in total. The monoisotopic (exact) mass is 248 g/mol. The summed E-state index contributed by atoms with van der Waals surface area (Å²) < 4.78 is 0. The van der Waals surface area contributed by atoms with E-state index in [0.29, 0.717) is 0 Å². The second-order valence-electron chi connectivity index (χ2n) is 3.71. The van der Waals surface area contributed by atoms with Gasteiger partial charge < -0.3 is 4.90 Å². The highest BCUT2D eigenvalue weighted by Gasteiger charge is 2.12. The Hall–Kier alpha value is -1.88. The zero-order chi connectivity index (χ0) is 12.3. The molecular formula is C12H12N2O2S. The molecule has 0 atom stereocenters. The van der Waals surface area contributed by atoms with E-state index in [0.717, 1.165) is 11.5 Å². The fraction of sp³-hybridized carbons (Fsp3) is 0.167. The van der Waals surface area contributed by atoms with Crippen molar-refractivity contribution in [2.24, 2.45) is 0 Å². The molecule has 88 valence electrons. The van der Waals surface area contributed by atoms with Crippen molar-refractivity contribution >= 4 is 21.3 Å². The summed E-state index contributed by atoms with van der Waals surface area (Å²) in [5, 5.41) is 11.7. The molecule has 1 aromatic carbocycles. The lowest BCUT2D eigenvalue weighted by atomic mass is 10.2. The Morgan fingerprint density at radius 1 is 1.24 bits per heavy atom. The highest BCUT2D eigenvalue weighted by Crippen LogP contribution is 2.31.